The molecule has 0 radical (unpaired) electrons. The summed E-state index contributed by atoms with van der Waals surface area (Å²) >= 11 is 0. The van der Waals surface area contributed by atoms with Crippen LogP contribution in [-0.2, 0) is 4.74 Å². The Kier molecular flexibility index (Phi) is 5.48. The van der Waals surface area contributed by atoms with E-state index in [1.807, 2.05) is 24.3 Å². The monoisotopic (exact) mass is 266 g/mol. The molecule has 0 saturated carbocycles. The van der Waals surface area contributed by atoms with Gasteiger partial charge in [-0.3, -0.25) is 0 Å². The van der Waals surface area contributed by atoms with Gasteiger partial charge in [0.25, 0.3) is 0 Å². The van der Waals surface area contributed by atoms with Gasteiger partial charge in [0.15, 0.2) is 0 Å². The zero-order valence-electron chi connectivity index (χ0n) is 11.4. The maximum atomic E-state index is 9.95. The Balaban J connectivity index is 1.75. The summed E-state index contributed by atoms with van der Waals surface area (Å²) in [5, 5.41) is 9.95. The number of rotatable bonds is 7. The molecular formula is C15H22O4. The van der Waals surface area contributed by atoms with Gasteiger partial charge >= 0.3 is 0 Å². The van der Waals surface area contributed by atoms with Crippen LogP contribution in [0.15, 0.2) is 24.3 Å². The van der Waals surface area contributed by atoms with Crippen LogP contribution in [0.4, 0.5) is 0 Å². The van der Waals surface area contributed by atoms with E-state index in [0.717, 1.165) is 37.6 Å². The Morgan fingerprint density at radius 3 is 2.53 bits per heavy atom. The van der Waals surface area contributed by atoms with Gasteiger partial charge in [0, 0.05) is 12.5 Å². The molecular weight excluding hydrogens is 244 g/mol. The van der Waals surface area contributed by atoms with E-state index in [1.165, 1.54) is 0 Å². The first-order chi connectivity index (χ1) is 9.29. The van der Waals surface area contributed by atoms with Crippen molar-refractivity contribution in [2.24, 2.45) is 5.92 Å². The van der Waals surface area contributed by atoms with E-state index in [2.05, 4.69) is 6.92 Å². The van der Waals surface area contributed by atoms with Crippen LogP contribution >= 0.6 is 0 Å². The van der Waals surface area contributed by atoms with E-state index in [-0.39, 0.29) is 5.92 Å². The van der Waals surface area contributed by atoms with E-state index in [0.29, 0.717) is 13.2 Å². The molecule has 0 aromatic heterocycles. The number of ether oxygens (including phenoxy) is 3. The molecule has 4 heteroatoms. The largest absolute Gasteiger partial charge is 0.494 e. The molecule has 2 unspecified atom stereocenters. The third-order valence-corrected chi connectivity index (χ3v) is 3.23. The SMILES string of the molecule is CCCOc1ccc(OCC(O)C2CCOC2)cc1. The van der Waals surface area contributed by atoms with Gasteiger partial charge in [0.05, 0.1) is 19.3 Å². The molecule has 1 aliphatic heterocycles. The van der Waals surface area contributed by atoms with Crippen molar-refractivity contribution in [1.82, 2.24) is 0 Å². The topological polar surface area (TPSA) is 47.9 Å². The predicted octanol–water partition coefficient (Wildman–Crippen LogP) is 2.25. The van der Waals surface area contributed by atoms with Crippen molar-refractivity contribution in [1.29, 1.82) is 0 Å². The molecule has 1 saturated heterocycles. The Morgan fingerprint density at radius 2 is 1.95 bits per heavy atom. The molecule has 0 amide bonds. The molecule has 19 heavy (non-hydrogen) atoms. The molecule has 1 heterocycles. The minimum absolute atomic E-state index is 0.201. The van der Waals surface area contributed by atoms with Crippen LogP contribution in [-0.4, -0.2) is 37.6 Å². The lowest BCUT2D eigenvalue weighted by molar-refractivity contribution is 0.0499. The summed E-state index contributed by atoms with van der Waals surface area (Å²) in [6.45, 7) is 4.48. The Morgan fingerprint density at radius 1 is 1.26 bits per heavy atom. The second-order valence-corrected chi connectivity index (χ2v) is 4.82. The molecule has 1 aromatic rings. The zero-order valence-corrected chi connectivity index (χ0v) is 11.4. The normalized spacial score (nSPS) is 20.2. The molecule has 2 rings (SSSR count). The Bertz CT molecular complexity index is 357. The number of aliphatic hydroxyl groups is 1. The van der Waals surface area contributed by atoms with Crippen molar-refractivity contribution in [2.75, 3.05) is 26.4 Å². The molecule has 0 bridgehead atoms. The number of benzene rings is 1. The molecule has 4 nitrogen and oxygen atoms in total. The van der Waals surface area contributed by atoms with Crippen LogP contribution in [0, 0.1) is 5.92 Å². The van der Waals surface area contributed by atoms with E-state index in [1.54, 1.807) is 0 Å². The molecule has 106 valence electrons. The highest BCUT2D eigenvalue weighted by Crippen LogP contribution is 2.20. The minimum atomic E-state index is -0.460. The highest BCUT2D eigenvalue weighted by molar-refractivity contribution is 5.31. The summed E-state index contributed by atoms with van der Waals surface area (Å²) in [6, 6.07) is 7.50. The Hall–Kier alpha value is -1.26. The second-order valence-electron chi connectivity index (χ2n) is 4.82. The van der Waals surface area contributed by atoms with Gasteiger partial charge in [0.1, 0.15) is 18.1 Å². The average Bonchev–Trinajstić information content (AvgIpc) is 2.98. The van der Waals surface area contributed by atoms with Crippen LogP contribution in [0.3, 0.4) is 0 Å². The maximum Gasteiger partial charge on any atom is 0.119 e. The van der Waals surface area contributed by atoms with Crippen molar-refractivity contribution in [2.45, 2.75) is 25.9 Å². The number of hydrogen-bond donors (Lipinski definition) is 1. The van der Waals surface area contributed by atoms with Gasteiger partial charge in [0.2, 0.25) is 0 Å². The van der Waals surface area contributed by atoms with Crippen molar-refractivity contribution in [3.05, 3.63) is 24.3 Å². The Labute approximate surface area is 114 Å². The van der Waals surface area contributed by atoms with Gasteiger partial charge in [-0.25, -0.2) is 0 Å². The second kappa shape index (κ2) is 7.36. The van der Waals surface area contributed by atoms with E-state index in [9.17, 15) is 5.11 Å². The van der Waals surface area contributed by atoms with Crippen molar-refractivity contribution < 1.29 is 19.3 Å². The van der Waals surface area contributed by atoms with Crippen LogP contribution in [0.5, 0.6) is 11.5 Å². The first-order valence-electron chi connectivity index (χ1n) is 6.91. The lowest BCUT2D eigenvalue weighted by Crippen LogP contribution is -2.27. The highest BCUT2D eigenvalue weighted by atomic mass is 16.5. The fourth-order valence-corrected chi connectivity index (χ4v) is 2.03. The number of hydrogen-bond acceptors (Lipinski definition) is 4. The third kappa shape index (κ3) is 4.40. The fourth-order valence-electron chi connectivity index (χ4n) is 2.03. The third-order valence-electron chi connectivity index (χ3n) is 3.23. The minimum Gasteiger partial charge on any atom is -0.494 e. The molecule has 0 spiro atoms. The summed E-state index contributed by atoms with van der Waals surface area (Å²) < 4.78 is 16.3. The fraction of sp³-hybridized carbons (Fsp3) is 0.600. The van der Waals surface area contributed by atoms with E-state index in [4.69, 9.17) is 14.2 Å². The summed E-state index contributed by atoms with van der Waals surface area (Å²) in [7, 11) is 0. The van der Waals surface area contributed by atoms with Crippen molar-refractivity contribution in [3.63, 3.8) is 0 Å². The lowest BCUT2D eigenvalue weighted by atomic mass is 10.0. The van der Waals surface area contributed by atoms with Crippen molar-refractivity contribution in [3.8, 4) is 11.5 Å². The quantitative estimate of drug-likeness (QED) is 0.822. The van der Waals surface area contributed by atoms with Crippen LogP contribution in [0.25, 0.3) is 0 Å². The van der Waals surface area contributed by atoms with E-state index >= 15 is 0 Å². The summed E-state index contributed by atoms with van der Waals surface area (Å²) in [4.78, 5) is 0. The standard InChI is InChI=1S/C15H22O4/c1-2-8-18-13-3-5-14(6-4-13)19-11-15(16)12-7-9-17-10-12/h3-6,12,15-16H,2,7-11H2,1H3. The highest BCUT2D eigenvalue weighted by Gasteiger charge is 2.24. The van der Waals surface area contributed by atoms with E-state index < -0.39 is 6.10 Å². The molecule has 2 atom stereocenters. The van der Waals surface area contributed by atoms with Gasteiger partial charge in [-0.05, 0) is 37.1 Å². The smallest absolute Gasteiger partial charge is 0.119 e. The summed E-state index contributed by atoms with van der Waals surface area (Å²) in [6.07, 6.45) is 1.45. The molecule has 1 aromatic carbocycles. The summed E-state index contributed by atoms with van der Waals surface area (Å²) in [5.41, 5.74) is 0. The van der Waals surface area contributed by atoms with Crippen LogP contribution < -0.4 is 9.47 Å². The van der Waals surface area contributed by atoms with Crippen LogP contribution in [0.1, 0.15) is 19.8 Å². The first kappa shape index (κ1) is 14.2. The van der Waals surface area contributed by atoms with Crippen LogP contribution in [0.2, 0.25) is 0 Å². The molecule has 1 fully saturated rings. The number of aliphatic hydroxyl groups excluding tert-OH is 1. The predicted molar refractivity (Wildman–Crippen MR) is 72.7 cm³/mol. The lowest BCUT2D eigenvalue weighted by Gasteiger charge is -2.17. The summed E-state index contributed by atoms with van der Waals surface area (Å²) in [5.74, 6) is 1.80. The molecule has 1 N–H and O–H groups in total. The van der Waals surface area contributed by atoms with Gasteiger partial charge < -0.3 is 19.3 Å². The zero-order chi connectivity index (χ0) is 13.5. The average molecular weight is 266 g/mol. The van der Waals surface area contributed by atoms with Crippen molar-refractivity contribution >= 4 is 0 Å². The first-order valence-corrected chi connectivity index (χ1v) is 6.91. The maximum absolute atomic E-state index is 9.95. The molecule has 1 aliphatic rings. The van der Waals surface area contributed by atoms with Gasteiger partial charge in [-0.15, -0.1) is 0 Å². The molecule has 0 aliphatic carbocycles. The van der Waals surface area contributed by atoms with Gasteiger partial charge in [-0.2, -0.15) is 0 Å². The van der Waals surface area contributed by atoms with Gasteiger partial charge in [-0.1, -0.05) is 6.92 Å².